The molecule has 2 N–H and O–H groups in total. The van der Waals surface area contributed by atoms with Gasteiger partial charge >= 0.3 is 6.03 Å². The van der Waals surface area contributed by atoms with Gasteiger partial charge in [0.25, 0.3) is 0 Å². The molecule has 0 radical (unpaired) electrons. The highest BCUT2D eigenvalue weighted by atomic mass is 16.3. The first-order valence-corrected chi connectivity index (χ1v) is 7.85. The maximum atomic E-state index is 12.2. The summed E-state index contributed by atoms with van der Waals surface area (Å²) in [5, 5.41) is 13.3. The number of rotatable bonds is 5. The van der Waals surface area contributed by atoms with Gasteiger partial charge in [-0.2, -0.15) is 0 Å². The van der Waals surface area contributed by atoms with E-state index >= 15 is 0 Å². The Hall–Kier alpha value is -1.55. The minimum atomic E-state index is -0.505. The Labute approximate surface area is 127 Å². The van der Waals surface area contributed by atoms with E-state index in [0.717, 1.165) is 24.9 Å². The van der Waals surface area contributed by atoms with Crippen LogP contribution in [0.15, 0.2) is 30.3 Å². The molecule has 2 amide bonds. The van der Waals surface area contributed by atoms with E-state index in [-0.39, 0.29) is 12.1 Å². The lowest BCUT2D eigenvalue weighted by Crippen LogP contribution is -2.44. The summed E-state index contributed by atoms with van der Waals surface area (Å²) < 4.78 is 0. The highest BCUT2D eigenvalue weighted by molar-refractivity contribution is 5.74. The van der Waals surface area contributed by atoms with E-state index in [1.165, 1.54) is 0 Å². The van der Waals surface area contributed by atoms with Gasteiger partial charge in [0.15, 0.2) is 0 Å². The number of hydrogen-bond acceptors (Lipinski definition) is 2. The number of nitrogens with zero attached hydrogens (tertiary/aromatic N) is 1. The van der Waals surface area contributed by atoms with Gasteiger partial charge in [0.1, 0.15) is 0 Å². The van der Waals surface area contributed by atoms with E-state index in [1.807, 2.05) is 35.2 Å². The number of aliphatic hydroxyl groups is 1. The number of urea groups is 1. The largest absolute Gasteiger partial charge is 0.388 e. The predicted molar refractivity (Wildman–Crippen MR) is 84.0 cm³/mol. The van der Waals surface area contributed by atoms with Crippen molar-refractivity contribution in [3.63, 3.8) is 0 Å². The molecule has 21 heavy (non-hydrogen) atoms. The van der Waals surface area contributed by atoms with E-state index < -0.39 is 6.10 Å². The molecular formula is C17H26N2O2. The van der Waals surface area contributed by atoms with Gasteiger partial charge in [0.05, 0.1) is 6.10 Å². The lowest BCUT2D eigenvalue weighted by Gasteiger charge is -2.27. The fourth-order valence-corrected chi connectivity index (χ4v) is 2.81. The van der Waals surface area contributed by atoms with Crippen LogP contribution < -0.4 is 5.32 Å². The van der Waals surface area contributed by atoms with Crippen LogP contribution in [-0.2, 0) is 0 Å². The van der Waals surface area contributed by atoms with Gasteiger partial charge in [-0.05, 0) is 30.7 Å². The summed E-state index contributed by atoms with van der Waals surface area (Å²) in [6.07, 6.45) is 2.09. The Kier molecular flexibility index (Phi) is 5.62. The lowest BCUT2D eigenvalue weighted by atomic mass is 10.0. The Morgan fingerprint density at radius 3 is 2.76 bits per heavy atom. The van der Waals surface area contributed by atoms with Gasteiger partial charge < -0.3 is 15.3 Å². The van der Waals surface area contributed by atoms with Crippen LogP contribution >= 0.6 is 0 Å². The van der Waals surface area contributed by atoms with E-state index in [0.29, 0.717) is 18.9 Å². The van der Waals surface area contributed by atoms with Crippen LogP contribution in [0, 0.1) is 5.92 Å². The molecule has 1 fully saturated rings. The number of likely N-dealkylation sites (tertiary alicyclic amines) is 1. The van der Waals surface area contributed by atoms with Crippen LogP contribution in [0.25, 0.3) is 0 Å². The smallest absolute Gasteiger partial charge is 0.317 e. The monoisotopic (exact) mass is 290 g/mol. The van der Waals surface area contributed by atoms with Crippen LogP contribution in [0.3, 0.4) is 0 Å². The third-order valence-corrected chi connectivity index (χ3v) is 3.98. The minimum absolute atomic E-state index is 0.00598. The molecule has 2 rings (SSSR count). The first-order valence-electron chi connectivity index (χ1n) is 7.85. The predicted octanol–water partition coefficient (Wildman–Crippen LogP) is 2.94. The molecule has 2 atom stereocenters. The number of hydrogen-bond donors (Lipinski definition) is 2. The topological polar surface area (TPSA) is 52.6 Å². The normalized spacial score (nSPS) is 19.8. The summed E-state index contributed by atoms with van der Waals surface area (Å²) in [5.74, 6) is 0.449. The molecule has 0 aromatic heterocycles. The molecular weight excluding hydrogens is 264 g/mol. The zero-order valence-electron chi connectivity index (χ0n) is 13.0. The van der Waals surface area contributed by atoms with Crippen LogP contribution in [0.4, 0.5) is 4.79 Å². The second-order valence-electron chi connectivity index (χ2n) is 6.23. The summed E-state index contributed by atoms with van der Waals surface area (Å²) in [4.78, 5) is 14.1. The number of aliphatic hydroxyl groups excluding tert-OH is 1. The van der Waals surface area contributed by atoms with Crippen LogP contribution in [0.5, 0.6) is 0 Å². The third-order valence-electron chi connectivity index (χ3n) is 3.98. The summed E-state index contributed by atoms with van der Waals surface area (Å²) in [6.45, 7) is 5.65. The molecule has 1 heterocycles. The van der Waals surface area contributed by atoms with Crippen molar-refractivity contribution in [1.82, 2.24) is 10.2 Å². The SMILES string of the molecule is CC(C)CNC(=O)N1CCCC1CC(O)c1ccccc1. The number of benzene rings is 1. The molecule has 4 heteroatoms. The van der Waals surface area contributed by atoms with Crippen LogP contribution in [0.2, 0.25) is 0 Å². The summed E-state index contributed by atoms with van der Waals surface area (Å²) in [5.41, 5.74) is 0.923. The molecule has 2 unspecified atom stereocenters. The maximum Gasteiger partial charge on any atom is 0.317 e. The first kappa shape index (κ1) is 15.8. The van der Waals surface area contributed by atoms with Gasteiger partial charge in [-0.25, -0.2) is 4.79 Å². The molecule has 0 saturated carbocycles. The van der Waals surface area contributed by atoms with Crippen molar-refractivity contribution in [2.24, 2.45) is 5.92 Å². The first-order chi connectivity index (χ1) is 10.1. The van der Waals surface area contributed by atoms with Gasteiger partial charge in [-0.15, -0.1) is 0 Å². The molecule has 116 valence electrons. The Morgan fingerprint density at radius 2 is 2.10 bits per heavy atom. The number of carbonyl (C=O) groups excluding carboxylic acids is 1. The summed E-state index contributed by atoms with van der Waals surface area (Å²) in [6, 6.07) is 9.81. The molecule has 1 aromatic carbocycles. The Balaban J connectivity index is 1.91. The van der Waals surface area contributed by atoms with Crippen LogP contribution in [-0.4, -0.2) is 35.2 Å². The molecule has 0 bridgehead atoms. The molecule has 1 saturated heterocycles. The molecule has 0 spiro atoms. The Bertz CT molecular complexity index is 447. The zero-order valence-corrected chi connectivity index (χ0v) is 13.0. The van der Waals surface area contributed by atoms with Crippen molar-refractivity contribution in [2.75, 3.05) is 13.1 Å². The molecule has 1 aromatic rings. The minimum Gasteiger partial charge on any atom is -0.388 e. The van der Waals surface area contributed by atoms with Crippen molar-refractivity contribution >= 4 is 6.03 Å². The van der Waals surface area contributed by atoms with Crippen molar-refractivity contribution < 1.29 is 9.90 Å². The average molecular weight is 290 g/mol. The second-order valence-corrected chi connectivity index (χ2v) is 6.23. The van der Waals surface area contributed by atoms with Crippen molar-refractivity contribution in [2.45, 2.75) is 45.3 Å². The standard InChI is InChI=1S/C17H26N2O2/c1-13(2)12-18-17(21)19-10-6-9-15(19)11-16(20)14-7-4-3-5-8-14/h3-5,7-8,13,15-16,20H,6,9-12H2,1-2H3,(H,18,21). The molecule has 1 aliphatic heterocycles. The van der Waals surface area contributed by atoms with Gasteiger partial charge in [0.2, 0.25) is 0 Å². The van der Waals surface area contributed by atoms with Gasteiger partial charge in [0, 0.05) is 19.1 Å². The van der Waals surface area contributed by atoms with Crippen molar-refractivity contribution in [3.8, 4) is 0 Å². The third kappa shape index (κ3) is 4.46. The highest BCUT2D eigenvalue weighted by Crippen LogP contribution is 2.27. The average Bonchev–Trinajstić information content (AvgIpc) is 2.93. The number of carbonyl (C=O) groups is 1. The second kappa shape index (κ2) is 7.46. The Morgan fingerprint density at radius 1 is 1.38 bits per heavy atom. The highest BCUT2D eigenvalue weighted by Gasteiger charge is 2.30. The van der Waals surface area contributed by atoms with Gasteiger partial charge in [-0.1, -0.05) is 44.2 Å². The van der Waals surface area contributed by atoms with E-state index in [2.05, 4.69) is 19.2 Å². The maximum absolute atomic E-state index is 12.2. The summed E-state index contributed by atoms with van der Waals surface area (Å²) in [7, 11) is 0. The fraction of sp³-hybridized carbons (Fsp3) is 0.588. The van der Waals surface area contributed by atoms with Crippen molar-refractivity contribution in [1.29, 1.82) is 0 Å². The van der Waals surface area contributed by atoms with E-state index in [1.54, 1.807) is 0 Å². The van der Waals surface area contributed by atoms with E-state index in [4.69, 9.17) is 0 Å². The van der Waals surface area contributed by atoms with Gasteiger partial charge in [-0.3, -0.25) is 0 Å². The number of nitrogens with one attached hydrogen (secondary N) is 1. The molecule has 1 aliphatic rings. The van der Waals surface area contributed by atoms with E-state index in [9.17, 15) is 9.90 Å². The summed E-state index contributed by atoms with van der Waals surface area (Å²) >= 11 is 0. The molecule has 0 aliphatic carbocycles. The van der Waals surface area contributed by atoms with Crippen LogP contribution in [0.1, 0.15) is 44.8 Å². The lowest BCUT2D eigenvalue weighted by molar-refractivity contribution is 0.126. The fourth-order valence-electron chi connectivity index (χ4n) is 2.81. The van der Waals surface area contributed by atoms with Crippen molar-refractivity contribution in [3.05, 3.63) is 35.9 Å². The zero-order chi connectivity index (χ0) is 15.2. The molecule has 4 nitrogen and oxygen atoms in total. The quantitative estimate of drug-likeness (QED) is 0.876. The number of amides is 2.